The molecule has 0 radical (unpaired) electrons. The second-order valence-electron chi connectivity index (χ2n) is 2.29. The van der Waals surface area contributed by atoms with Crippen LogP contribution in [0.5, 0.6) is 0 Å². The first-order valence-corrected chi connectivity index (χ1v) is 4.07. The van der Waals surface area contributed by atoms with Crippen molar-refractivity contribution in [3.05, 3.63) is 17.1 Å². The summed E-state index contributed by atoms with van der Waals surface area (Å²) in [4.78, 5) is 9.30. The molecule has 0 amide bonds. The molecule has 56 valence electrons. The number of nitrogens with zero attached hydrogens (tertiary/aromatic N) is 2. The summed E-state index contributed by atoms with van der Waals surface area (Å²) in [6, 6.07) is 3.66. The topological polar surface area (TPSA) is 51.8 Å². The van der Waals surface area contributed by atoms with Crippen molar-refractivity contribution in [2.45, 2.75) is 6.92 Å². The van der Waals surface area contributed by atoms with E-state index in [0.717, 1.165) is 15.4 Å². The number of nitrogen functional groups attached to an aromatic ring is 1. The van der Waals surface area contributed by atoms with E-state index in [0.29, 0.717) is 5.82 Å². The Morgan fingerprint density at radius 2 is 2.18 bits per heavy atom. The van der Waals surface area contributed by atoms with Gasteiger partial charge in [0.15, 0.2) is 0 Å². The van der Waals surface area contributed by atoms with Crippen molar-refractivity contribution in [1.29, 1.82) is 0 Å². The fraction of sp³-hybridized carbons (Fsp3) is 0.143. The molecule has 2 N–H and O–H groups in total. The zero-order valence-corrected chi connectivity index (χ0v) is 6.85. The van der Waals surface area contributed by atoms with Gasteiger partial charge in [-0.15, -0.1) is 0 Å². The number of thiazole rings is 1. The number of rotatable bonds is 0. The molecule has 2 heterocycles. The average Bonchev–Trinajstić information content (AvgIpc) is 2.27. The Balaban J connectivity index is 2.82. The maximum Gasteiger partial charge on any atom is 0.145 e. The number of aryl methyl sites for hydroxylation is 1. The van der Waals surface area contributed by atoms with Gasteiger partial charge in [-0.3, -0.25) is 0 Å². The lowest BCUT2D eigenvalue weighted by Gasteiger charge is -1.88. The fourth-order valence-corrected chi connectivity index (χ4v) is 1.73. The fourth-order valence-electron chi connectivity index (χ4n) is 0.940. The second-order valence-corrected chi connectivity index (χ2v) is 3.47. The first-order valence-electron chi connectivity index (χ1n) is 3.25. The van der Waals surface area contributed by atoms with Crippen LogP contribution in [0.3, 0.4) is 0 Å². The molecule has 4 heteroatoms. The van der Waals surface area contributed by atoms with E-state index in [1.54, 1.807) is 17.4 Å². The predicted octanol–water partition coefficient (Wildman–Crippen LogP) is 1.58. The van der Waals surface area contributed by atoms with E-state index in [1.807, 2.05) is 13.0 Å². The molecule has 2 rings (SSSR count). The number of fused-ring (bicyclic) bond motifs is 1. The molecule has 2 aromatic rings. The molecule has 0 aliphatic rings. The molecule has 2 aromatic heterocycles. The Labute approximate surface area is 67.9 Å². The molecular weight excluding hydrogens is 158 g/mol. The van der Waals surface area contributed by atoms with E-state index in [-0.39, 0.29) is 0 Å². The molecule has 0 aliphatic heterocycles. The third-order valence-electron chi connectivity index (χ3n) is 1.38. The van der Waals surface area contributed by atoms with Gasteiger partial charge < -0.3 is 5.73 Å². The minimum absolute atomic E-state index is 0.557. The Morgan fingerprint density at radius 1 is 1.36 bits per heavy atom. The summed E-state index contributed by atoms with van der Waals surface area (Å²) in [5, 5.41) is 1.03. The van der Waals surface area contributed by atoms with Gasteiger partial charge in [0.25, 0.3) is 0 Å². The third-order valence-corrected chi connectivity index (χ3v) is 2.26. The van der Waals surface area contributed by atoms with Crippen LogP contribution in [0.25, 0.3) is 10.3 Å². The minimum atomic E-state index is 0.557. The summed E-state index contributed by atoms with van der Waals surface area (Å²) in [5.41, 5.74) is 6.43. The molecular formula is C7H7N3S. The molecule has 0 spiro atoms. The Kier molecular flexibility index (Phi) is 1.29. The summed E-state index contributed by atoms with van der Waals surface area (Å²) < 4.78 is 0. The van der Waals surface area contributed by atoms with Crippen molar-refractivity contribution < 1.29 is 0 Å². The van der Waals surface area contributed by atoms with E-state index in [9.17, 15) is 0 Å². The van der Waals surface area contributed by atoms with E-state index in [4.69, 9.17) is 5.73 Å². The molecule has 0 saturated heterocycles. The number of aromatic nitrogens is 2. The first-order chi connectivity index (χ1) is 5.25. The summed E-state index contributed by atoms with van der Waals surface area (Å²) in [7, 11) is 0. The van der Waals surface area contributed by atoms with Gasteiger partial charge in [-0.05, 0) is 19.1 Å². The molecule has 0 aromatic carbocycles. The number of hydrogen-bond acceptors (Lipinski definition) is 4. The number of anilines is 1. The van der Waals surface area contributed by atoms with Gasteiger partial charge in [0.05, 0.1) is 5.01 Å². The standard InChI is InChI=1S/C7H7N3S/c1-4-9-5-2-3-6(8)10-7(5)11-4/h2-3H,1H3,(H2,8,10). The van der Waals surface area contributed by atoms with Gasteiger partial charge in [0.1, 0.15) is 16.2 Å². The Morgan fingerprint density at radius 3 is 3.00 bits per heavy atom. The van der Waals surface area contributed by atoms with Crippen LogP contribution in [-0.2, 0) is 0 Å². The van der Waals surface area contributed by atoms with Crippen molar-refractivity contribution in [3.8, 4) is 0 Å². The van der Waals surface area contributed by atoms with Crippen LogP contribution in [0.2, 0.25) is 0 Å². The molecule has 0 fully saturated rings. The smallest absolute Gasteiger partial charge is 0.145 e. The van der Waals surface area contributed by atoms with Gasteiger partial charge in [-0.2, -0.15) is 0 Å². The minimum Gasteiger partial charge on any atom is -0.384 e. The van der Waals surface area contributed by atoms with Gasteiger partial charge in [-0.1, -0.05) is 11.3 Å². The monoisotopic (exact) mass is 165 g/mol. The second kappa shape index (κ2) is 2.17. The molecule has 0 aliphatic carbocycles. The SMILES string of the molecule is Cc1nc2ccc(N)nc2s1. The van der Waals surface area contributed by atoms with Crippen LogP contribution in [-0.4, -0.2) is 9.97 Å². The lowest BCUT2D eigenvalue weighted by molar-refractivity contribution is 1.33. The zero-order chi connectivity index (χ0) is 7.84. The molecule has 0 bridgehead atoms. The molecule has 0 unspecified atom stereocenters. The number of hydrogen-bond donors (Lipinski definition) is 1. The Hall–Kier alpha value is -1.16. The zero-order valence-electron chi connectivity index (χ0n) is 6.03. The van der Waals surface area contributed by atoms with E-state index in [1.165, 1.54) is 0 Å². The maximum atomic E-state index is 5.50. The maximum absolute atomic E-state index is 5.50. The highest BCUT2D eigenvalue weighted by molar-refractivity contribution is 7.18. The Bertz CT molecular complexity index is 393. The lowest BCUT2D eigenvalue weighted by Crippen LogP contribution is -1.87. The highest BCUT2D eigenvalue weighted by Gasteiger charge is 2.00. The summed E-state index contributed by atoms with van der Waals surface area (Å²) in [5.74, 6) is 0.557. The summed E-state index contributed by atoms with van der Waals surface area (Å²) in [6.07, 6.45) is 0. The highest BCUT2D eigenvalue weighted by Crippen LogP contribution is 2.19. The van der Waals surface area contributed by atoms with Gasteiger partial charge in [0, 0.05) is 0 Å². The average molecular weight is 165 g/mol. The van der Waals surface area contributed by atoms with Crippen LogP contribution in [0.4, 0.5) is 5.82 Å². The van der Waals surface area contributed by atoms with Crippen LogP contribution in [0, 0.1) is 6.92 Å². The summed E-state index contributed by atoms with van der Waals surface area (Å²) in [6.45, 7) is 1.96. The van der Waals surface area contributed by atoms with E-state index in [2.05, 4.69) is 9.97 Å². The molecule has 0 saturated carbocycles. The van der Waals surface area contributed by atoms with Crippen molar-refractivity contribution >= 4 is 27.5 Å². The normalized spacial score (nSPS) is 10.6. The van der Waals surface area contributed by atoms with Gasteiger partial charge in [0.2, 0.25) is 0 Å². The van der Waals surface area contributed by atoms with Crippen molar-refractivity contribution in [2.75, 3.05) is 5.73 Å². The van der Waals surface area contributed by atoms with Crippen molar-refractivity contribution in [3.63, 3.8) is 0 Å². The number of pyridine rings is 1. The van der Waals surface area contributed by atoms with E-state index < -0.39 is 0 Å². The van der Waals surface area contributed by atoms with Crippen LogP contribution in [0.1, 0.15) is 5.01 Å². The van der Waals surface area contributed by atoms with Crippen LogP contribution in [0.15, 0.2) is 12.1 Å². The van der Waals surface area contributed by atoms with Crippen LogP contribution >= 0.6 is 11.3 Å². The van der Waals surface area contributed by atoms with Crippen molar-refractivity contribution in [1.82, 2.24) is 9.97 Å². The van der Waals surface area contributed by atoms with E-state index >= 15 is 0 Å². The predicted molar refractivity (Wildman–Crippen MR) is 46.6 cm³/mol. The molecule has 11 heavy (non-hydrogen) atoms. The van der Waals surface area contributed by atoms with Gasteiger partial charge >= 0.3 is 0 Å². The highest BCUT2D eigenvalue weighted by atomic mass is 32.1. The third kappa shape index (κ3) is 1.05. The molecule has 0 atom stereocenters. The quantitative estimate of drug-likeness (QED) is 0.644. The lowest BCUT2D eigenvalue weighted by atomic mass is 10.4. The molecule has 3 nitrogen and oxygen atoms in total. The van der Waals surface area contributed by atoms with Gasteiger partial charge in [-0.25, -0.2) is 9.97 Å². The van der Waals surface area contributed by atoms with Crippen molar-refractivity contribution in [2.24, 2.45) is 0 Å². The number of nitrogens with two attached hydrogens (primary N) is 1. The first kappa shape index (κ1) is 6.54. The van der Waals surface area contributed by atoms with Crippen LogP contribution < -0.4 is 5.73 Å². The summed E-state index contributed by atoms with van der Waals surface area (Å²) >= 11 is 1.56. The largest absolute Gasteiger partial charge is 0.384 e.